The minimum Gasteiger partial charge on any atom is -0.390 e. The molecular weight excluding hydrogens is 412 g/mol. The Morgan fingerprint density at radius 2 is 1.73 bits per heavy atom. The smallest absolute Gasteiger partial charge is 0.158 e. The second-order valence-electron chi connectivity index (χ2n) is 12.9. The summed E-state index contributed by atoms with van der Waals surface area (Å²) in [5.74, 6) is 3.95. The van der Waals surface area contributed by atoms with Crippen molar-refractivity contribution in [2.75, 3.05) is 0 Å². The normalized spacial score (nSPS) is 45.8. The number of rotatable bonds is 3. The van der Waals surface area contributed by atoms with Crippen molar-refractivity contribution in [1.29, 1.82) is 0 Å². The number of ketones is 1. The Bertz CT molecular complexity index is 881. The third-order valence-electron chi connectivity index (χ3n) is 11.1. The molecule has 0 unspecified atom stereocenters. The zero-order valence-corrected chi connectivity index (χ0v) is 21.2. The molecule has 1 heterocycles. The van der Waals surface area contributed by atoms with E-state index in [1.165, 1.54) is 44.9 Å². The molecule has 1 aromatic rings. The Balaban J connectivity index is 1.41. The lowest BCUT2D eigenvalue weighted by atomic mass is 9.44. The SMILES string of the molecule is Cc1nnnn1CC(=O)[C@H]1CCCC[C@H]2[C@@H]3CC[C@@H]4C[C@](C)(O)CCC[C@]4(C)[C@H]3CC[C@]12C. The van der Waals surface area contributed by atoms with Crippen molar-refractivity contribution < 1.29 is 9.90 Å². The van der Waals surface area contributed by atoms with Crippen LogP contribution in [0, 0.1) is 47.3 Å². The summed E-state index contributed by atoms with van der Waals surface area (Å²) < 4.78 is 1.68. The maximum atomic E-state index is 13.7. The van der Waals surface area contributed by atoms with E-state index in [1.54, 1.807) is 4.68 Å². The average Bonchev–Trinajstić information content (AvgIpc) is 2.98. The van der Waals surface area contributed by atoms with Crippen LogP contribution in [0.15, 0.2) is 0 Å². The molecule has 4 aliphatic rings. The first-order chi connectivity index (χ1) is 15.6. The van der Waals surface area contributed by atoms with E-state index >= 15 is 0 Å². The minimum atomic E-state index is -0.493. The summed E-state index contributed by atoms with van der Waals surface area (Å²) in [6.45, 7) is 9.28. The van der Waals surface area contributed by atoms with Crippen LogP contribution in [0.2, 0.25) is 0 Å². The standard InChI is InChI=1S/C27H44N4O2/c1-18-28-29-30-31(18)17-24(32)23-9-6-5-8-21-20-11-10-19-16-25(2,33)13-7-14-26(19,3)22(20)12-15-27(21,23)4/h19-23,33H,5-17H2,1-4H3/t19-,20+,21+,22+,23-,25-,26+,27+/m1/s1. The van der Waals surface area contributed by atoms with Gasteiger partial charge >= 0.3 is 0 Å². The quantitative estimate of drug-likeness (QED) is 0.682. The van der Waals surface area contributed by atoms with Crippen molar-refractivity contribution in [2.45, 2.75) is 117 Å². The number of aromatic nitrogens is 4. The van der Waals surface area contributed by atoms with E-state index in [9.17, 15) is 9.90 Å². The second kappa shape index (κ2) is 8.42. The van der Waals surface area contributed by atoms with Crippen molar-refractivity contribution in [3.8, 4) is 0 Å². The largest absolute Gasteiger partial charge is 0.390 e. The number of aliphatic hydroxyl groups is 1. The monoisotopic (exact) mass is 456 g/mol. The zero-order valence-electron chi connectivity index (χ0n) is 21.2. The van der Waals surface area contributed by atoms with E-state index < -0.39 is 5.60 Å². The number of nitrogens with zero attached hydrogens (tertiary/aromatic N) is 4. The van der Waals surface area contributed by atoms with Gasteiger partial charge in [-0.1, -0.05) is 33.1 Å². The fourth-order valence-corrected chi connectivity index (χ4v) is 9.29. The van der Waals surface area contributed by atoms with E-state index in [0.29, 0.717) is 29.6 Å². The number of hydrogen-bond donors (Lipinski definition) is 1. The van der Waals surface area contributed by atoms with Crippen molar-refractivity contribution >= 4 is 5.78 Å². The fraction of sp³-hybridized carbons (Fsp3) is 0.926. The van der Waals surface area contributed by atoms with E-state index in [2.05, 4.69) is 36.3 Å². The predicted octanol–water partition coefficient (Wildman–Crippen LogP) is 5.13. The van der Waals surface area contributed by atoms with Crippen LogP contribution < -0.4 is 0 Å². The summed E-state index contributed by atoms with van der Waals surface area (Å²) in [5, 5.41) is 22.7. The molecule has 33 heavy (non-hydrogen) atoms. The van der Waals surface area contributed by atoms with Crippen LogP contribution in [0.4, 0.5) is 0 Å². The lowest BCUT2D eigenvalue weighted by molar-refractivity contribution is -0.144. The molecule has 0 saturated heterocycles. The Morgan fingerprint density at radius 3 is 2.48 bits per heavy atom. The van der Waals surface area contributed by atoms with Gasteiger partial charge < -0.3 is 5.11 Å². The van der Waals surface area contributed by atoms with E-state index in [-0.39, 0.29) is 11.3 Å². The number of fused-ring (bicyclic) bond motifs is 5. The summed E-state index contributed by atoms with van der Waals surface area (Å²) >= 11 is 0. The number of carbonyl (C=O) groups is 1. The summed E-state index contributed by atoms with van der Waals surface area (Å²) in [6.07, 6.45) is 14.0. The third-order valence-corrected chi connectivity index (χ3v) is 11.1. The molecule has 8 atom stereocenters. The molecule has 0 spiro atoms. The van der Waals surface area contributed by atoms with E-state index in [0.717, 1.165) is 49.8 Å². The minimum absolute atomic E-state index is 0.0933. The predicted molar refractivity (Wildman–Crippen MR) is 127 cm³/mol. The number of aryl methyl sites for hydroxylation is 1. The molecule has 5 rings (SSSR count). The fourth-order valence-electron chi connectivity index (χ4n) is 9.29. The summed E-state index contributed by atoms with van der Waals surface area (Å²) in [5.41, 5.74) is -0.0528. The van der Waals surface area contributed by atoms with Gasteiger partial charge in [-0.15, -0.1) is 5.10 Å². The maximum absolute atomic E-state index is 13.7. The maximum Gasteiger partial charge on any atom is 0.158 e. The zero-order chi connectivity index (χ0) is 23.4. The van der Waals surface area contributed by atoms with Crippen LogP contribution in [0.1, 0.15) is 104 Å². The molecule has 0 radical (unpaired) electrons. The molecule has 6 heteroatoms. The van der Waals surface area contributed by atoms with Crippen LogP contribution in [-0.2, 0) is 11.3 Å². The average molecular weight is 457 g/mol. The van der Waals surface area contributed by atoms with Gasteiger partial charge in [0, 0.05) is 5.92 Å². The second-order valence-corrected chi connectivity index (χ2v) is 12.9. The molecule has 0 aromatic carbocycles. The Morgan fingerprint density at radius 1 is 0.970 bits per heavy atom. The number of tetrazole rings is 1. The highest BCUT2D eigenvalue weighted by Gasteiger charge is 2.59. The summed E-state index contributed by atoms with van der Waals surface area (Å²) in [7, 11) is 0. The molecule has 4 fully saturated rings. The van der Waals surface area contributed by atoms with Gasteiger partial charge in [0.25, 0.3) is 0 Å². The summed E-state index contributed by atoms with van der Waals surface area (Å²) in [6, 6.07) is 0. The molecular formula is C27H44N4O2. The molecule has 1 aromatic heterocycles. The van der Waals surface area contributed by atoms with Crippen LogP contribution >= 0.6 is 0 Å². The number of carbonyl (C=O) groups excluding carboxylic acids is 1. The molecule has 0 amide bonds. The van der Waals surface area contributed by atoms with Crippen LogP contribution in [0.3, 0.4) is 0 Å². The highest BCUT2D eigenvalue weighted by molar-refractivity contribution is 5.81. The Kier molecular flexibility index (Phi) is 5.98. The molecule has 0 bridgehead atoms. The van der Waals surface area contributed by atoms with Crippen LogP contribution in [0.5, 0.6) is 0 Å². The lowest BCUT2D eigenvalue weighted by Gasteiger charge is -2.61. The Labute approximate surface area is 199 Å². The van der Waals surface area contributed by atoms with Gasteiger partial charge in [0.15, 0.2) is 5.78 Å². The topological polar surface area (TPSA) is 80.9 Å². The first kappa shape index (κ1) is 23.4. The molecule has 184 valence electrons. The lowest BCUT2D eigenvalue weighted by Crippen LogP contribution is -2.54. The van der Waals surface area contributed by atoms with E-state index in [4.69, 9.17) is 0 Å². The third kappa shape index (κ3) is 3.98. The van der Waals surface area contributed by atoms with Gasteiger partial charge in [-0.05, 0) is 117 Å². The van der Waals surface area contributed by atoms with Gasteiger partial charge in [-0.25, -0.2) is 4.68 Å². The first-order valence-corrected chi connectivity index (χ1v) is 13.6. The van der Waals surface area contributed by atoms with Crippen molar-refractivity contribution in [1.82, 2.24) is 20.2 Å². The van der Waals surface area contributed by atoms with Crippen molar-refractivity contribution in [3.05, 3.63) is 5.82 Å². The molecule has 4 saturated carbocycles. The Hall–Kier alpha value is -1.30. The highest BCUT2D eigenvalue weighted by atomic mass is 16.3. The van der Waals surface area contributed by atoms with Gasteiger partial charge in [-0.3, -0.25) is 4.79 Å². The molecule has 4 aliphatic carbocycles. The van der Waals surface area contributed by atoms with Crippen LogP contribution in [-0.4, -0.2) is 36.7 Å². The van der Waals surface area contributed by atoms with E-state index in [1.807, 2.05) is 6.92 Å². The number of hydrogen-bond acceptors (Lipinski definition) is 5. The summed E-state index contributed by atoms with van der Waals surface area (Å²) in [4.78, 5) is 13.7. The van der Waals surface area contributed by atoms with Gasteiger partial charge in [0.2, 0.25) is 0 Å². The number of Topliss-reactive ketones (excluding diaryl/α,β-unsaturated/α-hetero) is 1. The highest BCUT2D eigenvalue weighted by Crippen LogP contribution is 2.66. The van der Waals surface area contributed by atoms with Crippen LogP contribution in [0.25, 0.3) is 0 Å². The van der Waals surface area contributed by atoms with Crippen molar-refractivity contribution in [3.63, 3.8) is 0 Å². The van der Waals surface area contributed by atoms with Gasteiger partial charge in [0.05, 0.1) is 5.60 Å². The molecule has 6 nitrogen and oxygen atoms in total. The van der Waals surface area contributed by atoms with Gasteiger partial charge in [-0.2, -0.15) is 0 Å². The van der Waals surface area contributed by atoms with Gasteiger partial charge in [0.1, 0.15) is 12.4 Å². The van der Waals surface area contributed by atoms with Crippen molar-refractivity contribution in [2.24, 2.45) is 40.4 Å². The molecule has 1 N–H and O–H groups in total. The molecule has 0 aliphatic heterocycles. The first-order valence-electron chi connectivity index (χ1n) is 13.6.